The maximum Gasteiger partial charge on any atom is 0.248 e. The fourth-order valence-electron chi connectivity index (χ4n) is 3.00. The Kier molecular flexibility index (Phi) is 4.01. The van der Waals surface area contributed by atoms with E-state index in [1.165, 1.54) is 10.7 Å². The minimum Gasteiger partial charge on any atom is -0.360 e. The van der Waals surface area contributed by atoms with E-state index in [0.717, 1.165) is 19.3 Å². The van der Waals surface area contributed by atoms with Crippen molar-refractivity contribution in [3.05, 3.63) is 11.5 Å². The van der Waals surface area contributed by atoms with Crippen LogP contribution in [0.1, 0.15) is 44.1 Å². The molecule has 2 rings (SSSR count). The van der Waals surface area contributed by atoms with Gasteiger partial charge in [-0.2, -0.15) is 4.31 Å². The minimum atomic E-state index is -3.51. The van der Waals surface area contributed by atoms with Crippen LogP contribution in [0.15, 0.2) is 9.42 Å². The first-order valence-corrected chi connectivity index (χ1v) is 8.20. The molecule has 0 spiro atoms. The highest BCUT2D eigenvalue weighted by atomic mass is 32.2. The summed E-state index contributed by atoms with van der Waals surface area (Å²) < 4.78 is 31.9. The van der Waals surface area contributed by atoms with E-state index < -0.39 is 10.0 Å². The second kappa shape index (κ2) is 5.25. The first kappa shape index (κ1) is 14.5. The average molecular weight is 286 g/mol. The zero-order valence-corrected chi connectivity index (χ0v) is 12.8. The van der Waals surface area contributed by atoms with Crippen molar-refractivity contribution in [3.63, 3.8) is 0 Å². The lowest BCUT2D eigenvalue weighted by atomic mass is 9.86. The van der Waals surface area contributed by atoms with Crippen molar-refractivity contribution in [1.82, 2.24) is 9.46 Å². The van der Waals surface area contributed by atoms with Gasteiger partial charge in [-0.1, -0.05) is 24.9 Å². The molecule has 0 unspecified atom stereocenters. The molecule has 1 saturated carbocycles. The van der Waals surface area contributed by atoms with Gasteiger partial charge in [-0.25, -0.2) is 8.42 Å². The normalized spacial score (nSPS) is 24.9. The molecule has 0 radical (unpaired) electrons. The maximum absolute atomic E-state index is 12.7. The Morgan fingerprint density at radius 2 is 1.89 bits per heavy atom. The second-order valence-electron chi connectivity index (χ2n) is 5.50. The van der Waals surface area contributed by atoms with Gasteiger partial charge < -0.3 is 4.52 Å². The van der Waals surface area contributed by atoms with Gasteiger partial charge in [-0.3, -0.25) is 0 Å². The highest BCUT2D eigenvalue weighted by Crippen LogP contribution is 2.32. The van der Waals surface area contributed by atoms with Crippen LogP contribution in [0.3, 0.4) is 0 Å². The van der Waals surface area contributed by atoms with Crippen molar-refractivity contribution in [2.24, 2.45) is 5.92 Å². The van der Waals surface area contributed by atoms with Crippen LogP contribution in [0.5, 0.6) is 0 Å². The molecule has 1 aliphatic rings. The van der Waals surface area contributed by atoms with Crippen LogP contribution in [0.4, 0.5) is 0 Å². The Morgan fingerprint density at radius 1 is 1.26 bits per heavy atom. The molecule has 0 aromatic carbocycles. The number of nitrogens with zero attached hydrogens (tertiary/aromatic N) is 2. The first-order valence-electron chi connectivity index (χ1n) is 6.76. The standard InChI is InChI=1S/C13H22N2O3S/c1-9-7-5-6-8-12(9)15(4)19(16,17)13-10(2)14-18-11(13)3/h9,12H,5-8H2,1-4H3/t9-,12+/m0/s1. The average Bonchev–Trinajstić information content (AvgIpc) is 2.69. The molecule has 1 fully saturated rings. The Hall–Kier alpha value is -0.880. The summed E-state index contributed by atoms with van der Waals surface area (Å²) in [6.45, 7) is 5.44. The van der Waals surface area contributed by atoms with Gasteiger partial charge in [0.1, 0.15) is 10.6 Å². The predicted molar refractivity (Wildman–Crippen MR) is 72.3 cm³/mol. The van der Waals surface area contributed by atoms with E-state index in [0.29, 0.717) is 17.4 Å². The van der Waals surface area contributed by atoms with Gasteiger partial charge >= 0.3 is 0 Å². The van der Waals surface area contributed by atoms with E-state index in [-0.39, 0.29) is 10.9 Å². The molecule has 0 aliphatic heterocycles. The molecular formula is C13H22N2O3S. The fourth-order valence-corrected chi connectivity index (χ4v) is 4.77. The topological polar surface area (TPSA) is 63.4 Å². The smallest absolute Gasteiger partial charge is 0.248 e. The lowest BCUT2D eigenvalue weighted by Gasteiger charge is -2.35. The third-order valence-electron chi connectivity index (χ3n) is 4.14. The summed E-state index contributed by atoms with van der Waals surface area (Å²) in [5.74, 6) is 0.766. The van der Waals surface area contributed by atoms with E-state index >= 15 is 0 Å². The van der Waals surface area contributed by atoms with Crippen LogP contribution >= 0.6 is 0 Å². The molecule has 1 aromatic heterocycles. The van der Waals surface area contributed by atoms with Crippen molar-refractivity contribution in [2.75, 3.05) is 7.05 Å². The fraction of sp³-hybridized carbons (Fsp3) is 0.769. The van der Waals surface area contributed by atoms with E-state index in [4.69, 9.17) is 4.52 Å². The van der Waals surface area contributed by atoms with Crippen molar-refractivity contribution in [3.8, 4) is 0 Å². The Labute approximate surface area is 115 Å². The molecule has 6 heteroatoms. The van der Waals surface area contributed by atoms with E-state index in [1.54, 1.807) is 20.9 Å². The van der Waals surface area contributed by atoms with Crippen LogP contribution in [0.2, 0.25) is 0 Å². The third kappa shape index (κ3) is 2.56. The predicted octanol–water partition coefficient (Wildman–Crippen LogP) is 2.49. The van der Waals surface area contributed by atoms with Gasteiger partial charge in [0.15, 0.2) is 5.76 Å². The Morgan fingerprint density at radius 3 is 2.42 bits per heavy atom. The minimum absolute atomic E-state index is 0.0763. The van der Waals surface area contributed by atoms with Gasteiger partial charge in [0.25, 0.3) is 0 Å². The number of hydrogen-bond acceptors (Lipinski definition) is 4. The summed E-state index contributed by atoms with van der Waals surface area (Å²) in [6.07, 6.45) is 4.31. The Bertz CT molecular complexity index is 531. The van der Waals surface area contributed by atoms with Gasteiger partial charge in [0.2, 0.25) is 10.0 Å². The number of rotatable bonds is 3. The summed E-state index contributed by atoms with van der Waals surface area (Å²) in [7, 11) is -1.84. The number of aromatic nitrogens is 1. The lowest BCUT2D eigenvalue weighted by Crippen LogP contribution is -2.42. The van der Waals surface area contributed by atoms with Gasteiger partial charge in [-0.05, 0) is 32.6 Å². The highest BCUT2D eigenvalue weighted by molar-refractivity contribution is 7.89. The van der Waals surface area contributed by atoms with Gasteiger partial charge in [-0.15, -0.1) is 0 Å². The quantitative estimate of drug-likeness (QED) is 0.856. The maximum atomic E-state index is 12.7. The summed E-state index contributed by atoms with van der Waals surface area (Å²) in [6, 6.07) is 0.0763. The van der Waals surface area contributed by atoms with Crippen LogP contribution in [-0.4, -0.2) is 31.0 Å². The molecule has 0 bridgehead atoms. The molecule has 0 amide bonds. The summed E-state index contributed by atoms with van der Waals surface area (Å²) in [5, 5.41) is 3.75. The molecule has 2 atom stereocenters. The second-order valence-corrected chi connectivity index (χ2v) is 7.44. The SMILES string of the molecule is Cc1noc(C)c1S(=O)(=O)N(C)[C@@H]1CCCC[C@@H]1C. The Balaban J connectivity index is 2.34. The molecule has 1 aromatic rings. The highest BCUT2D eigenvalue weighted by Gasteiger charge is 2.36. The molecule has 108 valence electrons. The summed E-state index contributed by atoms with van der Waals surface area (Å²) in [4.78, 5) is 0.229. The van der Waals surface area contributed by atoms with E-state index in [9.17, 15) is 8.42 Å². The zero-order valence-electron chi connectivity index (χ0n) is 12.0. The van der Waals surface area contributed by atoms with E-state index in [1.807, 2.05) is 0 Å². The molecular weight excluding hydrogens is 264 g/mol. The van der Waals surface area contributed by atoms with Crippen molar-refractivity contribution >= 4 is 10.0 Å². The van der Waals surface area contributed by atoms with Crippen LogP contribution < -0.4 is 0 Å². The lowest BCUT2D eigenvalue weighted by molar-refractivity contribution is 0.213. The summed E-state index contributed by atoms with van der Waals surface area (Å²) >= 11 is 0. The number of sulfonamides is 1. The van der Waals surface area contributed by atoms with Crippen molar-refractivity contribution in [2.45, 2.75) is 57.4 Å². The summed E-state index contributed by atoms with van der Waals surface area (Å²) in [5.41, 5.74) is 0.438. The molecule has 1 heterocycles. The molecule has 0 N–H and O–H groups in total. The van der Waals surface area contributed by atoms with Crippen molar-refractivity contribution in [1.29, 1.82) is 0 Å². The van der Waals surface area contributed by atoms with Crippen LogP contribution in [0, 0.1) is 19.8 Å². The zero-order chi connectivity index (χ0) is 14.2. The molecule has 19 heavy (non-hydrogen) atoms. The van der Waals surface area contributed by atoms with Crippen LogP contribution in [-0.2, 0) is 10.0 Å². The first-order chi connectivity index (χ1) is 8.85. The molecule has 1 aliphatic carbocycles. The van der Waals surface area contributed by atoms with Gasteiger partial charge in [0.05, 0.1) is 0 Å². The monoisotopic (exact) mass is 286 g/mol. The van der Waals surface area contributed by atoms with Crippen molar-refractivity contribution < 1.29 is 12.9 Å². The van der Waals surface area contributed by atoms with E-state index in [2.05, 4.69) is 12.1 Å². The van der Waals surface area contributed by atoms with Crippen LogP contribution in [0.25, 0.3) is 0 Å². The molecule has 0 saturated heterocycles. The third-order valence-corrected chi connectivity index (χ3v) is 6.27. The number of hydrogen-bond donors (Lipinski definition) is 0. The molecule has 5 nitrogen and oxygen atoms in total. The van der Waals surface area contributed by atoms with Gasteiger partial charge in [0, 0.05) is 13.1 Å². The number of aryl methyl sites for hydroxylation is 2. The largest absolute Gasteiger partial charge is 0.360 e.